The highest BCUT2D eigenvalue weighted by molar-refractivity contribution is 5.30. The van der Waals surface area contributed by atoms with Crippen LogP contribution in [0.5, 0.6) is 0 Å². The monoisotopic (exact) mass is 254 g/mol. The zero-order valence-corrected chi connectivity index (χ0v) is 11.6. The van der Waals surface area contributed by atoms with Gasteiger partial charge in [0, 0.05) is 25.7 Å². The Kier molecular flexibility index (Phi) is 5.72. The Balaban J connectivity index is 2.94. The molecular formula is C14H23FN2O. The summed E-state index contributed by atoms with van der Waals surface area (Å²) in [6, 6.07) is 5.19. The summed E-state index contributed by atoms with van der Waals surface area (Å²) in [5, 5.41) is 0. The predicted octanol–water partition coefficient (Wildman–Crippen LogP) is 2.10. The lowest BCUT2D eigenvalue weighted by Crippen LogP contribution is -2.39. The molecule has 1 aromatic carbocycles. The van der Waals surface area contributed by atoms with Gasteiger partial charge in [0.25, 0.3) is 0 Å². The van der Waals surface area contributed by atoms with Crippen LogP contribution in [-0.4, -0.2) is 38.3 Å². The van der Waals surface area contributed by atoms with Crippen LogP contribution in [0.25, 0.3) is 0 Å². The van der Waals surface area contributed by atoms with Crippen molar-refractivity contribution in [3.05, 3.63) is 35.1 Å². The Morgan fingerprint density at radius 2 is 2.11 bits per heavy atom. The molecule has 2 N–H and O–H groups in total. The summed E-state index contributed by atoms with van der Waals surface area (Å²) >= 11 is 0. The Morgan fingerprint density at radius 3 is 2.61 bits per heavy atom. The maximum absolute atomic E-state index is 13.1. The van der Waals surface area contributed by atoms with Crippen LogP contribution in [0.1, 0.15) is 24.1 Å². The minimum atomic E-state index is -0.209. The molecule has 4 heteroatoms. The highest BCUT2D eigenvalue weighted by Gasteiger charge is 2.21. The third-order valence-electron chi connectivity index (χ3n) is 3.41. The number of ether oxygens (including phenoxy) is 1. The van der Waals surface area contributed by atoms with E-state index in [0.717, 1.165) is 11.1 Å². The van der Waals surface area contributed by atoms with Gasteiger partial charge in [-0.05, 0) is 44.2 Å². The van der Waals surface area contributed by atoms with Gasteiger partial charge in [-0.1, -0.05) is 6.07 Å². The first-order valence-corrected chi connectivity index (χ1v) is 6.18. The van der Waals surface area contributed by atoms with E-state index in [1.807, 2.05) is 20.0 Å². The molecule has 0 aliphatic carbocycles. The molecule has 1 aromatic rings. The number of nitrogens with zero attached hydrogens (tertiary/aromatic N) is 1. The predicted molar refractivity (Wildman–Crippen MR) is 72.0 cm³/mol. The van der Waals surface area contributed by atoms with E-state index in [9.17, 15) is 4.39 Å². The zero-order chi connectivity index (χ0) is 13.7. The van der Waals surface area contributed by atoms with Crippen molar-refractivity contribution in [3.63, 3.8) is 0 Å². The molecule has 0 bridgehead atoms. The molecule has 0 aliphatic heterocycles. The summed E-state index contributed by atoms with van der Waals surface area (Å²) in [7, 11) is 3.70. The van der Waals surface area contributed by atoms with Crippen LogP contribution in [0.4, 0.5) is 4.39 Å². The number of likely N-dealkylation sites (N-methyl/N-ethyl adjacent to an activating group) is 1. The highest BCUT2D eigenvalue weighted by atomic mass is 19.1. The van der Waals surface area contributed by atoms with Crippen molar-refractivity contribution in [2.75, 3.05) is 27.3 Å². The van der Waals surface area contributed by atoms with Gasteiger partial charge >= 0.3 is 0 Å². The van der Waals surface area contributed by atoms with Crippen LogP contribution in [0, 0.1) is 12.7 Å². The Bertz CT molecular complexity index is 384. The maximum Gasteiger partial charge on any atom is 0.123 e. The SMILES string of the molecule is COCC(C)N(C)C(CN)c1ccc(F)cc1C. The lowest BCUT2D eigenvalue weighted by molar-refractivity contribution is 0.0908. The van der Waals surface area contributed by atoms with Gasteiger partial charge in [-0.25, -0.2) is 4.39 Å². The number of aryl methyl sites for hydroxylation is 1. The molecule has 102 valence electrons. The molecule has 1 rings (SSSR count). The second kappa shape index (κ2) is 6.83. The van der Waals surface area contributed by atoms with Crippen molar-refractivity contribution >= 4 is 0 Å². The molecule has 0 amide bonds. The molecule has 0 saturated heterocycles. The van der Waals surface area contributed by atoms with E-state index in [1.165, 1.54) is 6.07 Å². The van der Waals surface area contributed by atoms with Gasteiger partial charge in [0.05, 0.1) is 6.61 Å². The van der Waals surface area contributed by atoms with Crippen LogP contribution in [-0.2, 0) is 4.74 Å². The number of halogens is 1. The first-order chi connectivity index (χ1) is 8.51. The van der Waals surface area contributed by atoms with Gasteiger partial charge in [0.1, 0.15) is 5.82 Å². The van der Waals surface area contributed by atoms with Gasteiger partial charge in [0.2, 0.25) is 0 Å². The fraction of sp³-hybridized carbons (Fsp3) is 0.571. The van der Waals surface area contributed by atoms with Crippen LogP contribution in [0.3, 0.4) is 0 Å². The van der Waals surface area contributed by atoms with Crippen molar-refractivity contribution in [1.29, 1.82) is 0 Å². The molecule has 18 heavy (non-hydrogen) atoms. The standard InChI is InChI=1S/C14H23FN2O/c1-10-7-12(15)5-6-13(10)14(8-16)17(3)11(2)9-18-4/h5-7,11,14H,8-9,16H2,1-4H3. The van der Waals surface area contributed by atoms with Crippen molar-refractivity contribution in [2.45, 2.75) is 25.9 Å². The minimum Gasteiger partial charge on any atom is -0.383 e. The molecule has 0 aliphatic rings. The lowest BCUT2D eigenvalue weighted by atomic mass is 9.99. The van der Waals surface area contributed by atoms with Crippen molar-refractivity contribution in [2.24, 2.45) is 5.73 Å². The fourth-order valence-corrected chi connectivity index (χ4v) is 2.19. The average molecular weight is 254 g/mol. The van der Waals surface area contributed by atoms with Gasteiger partial charge in [-0.15, -0.1) is 0 Å². The first-order valence-electron chi connectivity index (χ1n) is 6.18. The highest BCUT2D eigenvalue weighted by Crippen LogP contribution is 2.24. The quantitative estimate of drug-likeness (QED) is 0.845. The molecule has 2 atom stereocenters. The minimum absolute atomic E-state index is 0.0794. The van der Waals surface area contributed by atoms with E-state index in [4.69, 9.17) is 10.5 Å². The fourth-order valence-electron chi connectivity index (χ4n) is 2.19. The first kappa shape index (κ1) is 15.1. The normalized spacial score (nSPS) is 14.8. The second-order valence-corrected chi connectivity index (χ2v) is 4.72. The summed E-state index contributed by atoms with van der Waals surface area (Å²) in [5.74, 6) is -0.209. The van der Waals surface area contributed by atoms with E-state index in [-0.39, 0.29) is 17.9 Å². The van der Waals surface area contributed by atoms with Crippen molar-refractivity contribution in [1.82, 2.24) is 4.90 Å². The summed E-state index contributed by atoms with van der Waals surface area (Å²) in [5.41, 5.74) is 7.88. The Morgan fingerprint density at radius 1 is 1.44 bits per heavy atom. The van der Waals surface area contributed by atoms with Crippen LogP contribution in [0.15, 0.2) is 18.2 Å². The average Bonchev–Trinajstić information content (AvgIpc) is 2.32. The van der Waals surface area contributed by atoms with Crippen LogP contribution < -0.4 is 5.73 Å². The molecule has 0 radical (unpaired) electrons. The molecule has 0 fully saturated rings. The third kappa shape index (κ3) is 3.51. The van der Waals surface area contributed by atoms with Crippen molar-refractivity contribution in [3.8, 4) is 0 Å². The molecule has 0 aromatic heterocycles. The summed E-state index contributed by atoms with van der Waals surface area (Å²) < 4.78 is 18.3. The van der Waals surface area contributed by atoms with Gasteiger partial charge < -0.3 is 10.5 Å². The molecule has 0 saturated carbocycles. The van der Waals surface area contributed by atoms with E-state index in [0.29, 0.717) is 13.2 Å². The largest absolute Gasteiger partial charge is 0.383 e. The van der Waals surface area contributed by atoms with E-state index >= 15 is 0 Å². The second-order valence-electron chi connectivity index (χ2n) is 4.72. The van der Waals surface area contributed by atoms with E-state index in [2.05, 4.69) is 11.8 Å². The van der Waals surface area contributed by atoms with Gasteiger partial charge in [-0.2, -0.15) is 0 Å². The third-order valence-corrected chi connectivity index (χ3v) is 3.41. The number of benzene rings is 1. The Labute approximate surface area is 109 Å². The van der Waals surface area contributed by atoms with E-state index < -0.39 is 0 Å². The number of nitrogens with two attached hydrogens (primary N) is 1. The zero-order valence-electron chi connectivity index (χ0n) is 11.6. The van der Waals surface area contributed by atoms with Gasteiger partial charge in [0.15, 0.2) is 0 Å². The molecule has 0 heterocycles. The number of rotatable bonds is 6. The smallest absolute Gasteiger partial charge is 0.123 e. The molecule has 2 unspecified atom stereocenters. The van der Waals surface area contributed by atoms with E-state index in [1.54, 1.807) is 13.2 Å². The lowest BCUT2D eigenvalue weighted by Gasteiger charge is -2.33. The topological polar surface area (TPSA) is 38.5 Å². The number of methoxy groups -OCH3 is 1. The molecule has 0 spiro atoms. The number of hydrogen-bond donors (Lipinski definition) is 1. The van der Waals surface area contributed by atoms with Crippen molar-refractivity contribution < 1.29 is 9.13 Å². The Hall–Kier alpha value is -0.970. The van der Waals surface area contributed by atoms with Crippen LogP contribution >= 0.6 is 0 Å². The maximum atomic E-state index is 13.1. The summed E-state index contributed by atoms with van der Waals surface area (Å²) in [6.45, 7) is 5.14. The van der Waals surface area contributed by atoms with Gasteiger partial charge in [-0.3, -0.25) is 4.90 Å². The molecular weight excluding hydrogens is 231 g/mol. The molecule has 3 nitrogen and oxygen atoms in total. The summed E-state index contributed by atoms with van der Waals surface area (Å²) in [6.07, 6.45) is 0. The summed E-state index contributed by atoms with van der Waals surface area (Å²) in [4.78, 5) is 2.17. The number of hydrogen-bond acceptors (Lipinski definition) is 3. The van der Waals surface area contributed by atoms with Crippen LogP contribution in [0.2, 0.25) is 0 Å².